The van der Waals surface area contributed by atoms with Gasteiger partial charge in [0.15, 0.2) is 0 Å². The zero-order valence-corrected chi connectivity index (χ0v) is 16.4. The molecule has 6 atom stereocenters. The molecule has 23 heavy (non-hydrogen) atoms. The Morgan fingerprint density at radius 1 is 0.696 bits per heavy atom. The number of hydrogen-bond acceptors (Lipinski definition) is 2. The van der Waals surface area contributed by atoms with Gasteiger partial charge in [0.05, 0.1) is 12.2 Å². The molecule has 2 aliphatic rings. The minimum atomic E-state index is 0.400. The molecule has 0 heterocycles. The Kier molecular flexibility index (Phi) is 7.41. The molecule has 0 aromatic rings. The maximum atomic E-state index is 6.27. The minimum absolute atomic E-state index is 0.400. The molecule has 0 N–H and O–H groups in total. The summed E-state index contributed by atoms with van der Waals surface area (Å²) < 4.78 is 12.5. The highest BCUT2D eigenvalue weighted by molar-refractivity contribution is 4.82. The van der Waals surface area contributed by atoms with Crippen molar-refractivity contribution in [1.82, 2.24) is 0 Å². The van der Waals surface area contributed by atoms with E-state index >= 15 is 0 Å². The van der Waals surface area contributed by atoms with Crippen LogP contribution in [-0.2, 0) is 9.47 Å². The third-order valence-electron chi connectivity index (χ3n) is 6.49. The van der Waals surface area contributed by atoms with E-state index in [1.54, 1.807) is 0 Å². The Hall–Kier alpha value is -0.0800. The van der Waals surface area contributed by atoms with Crippen LogP contribution in [0.15, 0.2) is 0 Å². The first-order valence-electron chi connectivity index (χ1n) is 10.1. The molecule has 136 valence electrons. The largest absolute Gasteiger partial charge is 0.352 e. The molecule has 2 fully saturated rings. The van der Waals surface area contributed by atoms with E-state index in [1.807, 2.05) is 0 Å². The molecule has 2 nitrogen and oxygen atoms in total. The van der Waals surface area contributed by atoms with Gasteiger partial charge in [-0.15, -0.1) is 0 Å². The number of ether oxygens (including phenoxy) is 2. The molecule has 2 heteroatoms. The van der Waals surface area contributed by atoms with Crippen LogP contribution in [0.3, 0.4) is 0 Å². The second kappa shape index (κ2) is 8.85. The fourth-order valence-electron chi connectivity index (χ4n) is 4.83. The van der Waals surface area contributed by atoms with Crippen molar-refractivity contribution in [2.24, 2.45) is 35.5 Å². The molecule has 0 aromatic heterocycles. The van der Waals surface area contributed by atoms with E-state index in [2.05, 4.69) is 41.5 Å². The molecule has 2 saturated carbocycles. The maximum absolute atomic E-state index is 6.27. The van der Waals surface area contributed by atoms with E-state index in [1.165, 1.54) is 38.5 Å². The summed E-state index contributed by atoms with van der Waals surface area (Å²) in [7, 11) is 0. The summed E-state index contributed by atoms with van der Waals surface area (Å²) in [5, 5.41) is 0. The van der Waals surface area contributed by atoms with E-state index in [0.717, 1.165) is 11.8 Å². The average molecular weight is 325 g/mol. The van der Waals surface area contributed by atoms with E-state index in [0.29, 0.717) is 42.7 Å². The summed E-state index contributed by atoms with van der Waals surface area (Å²) in [6.45, 7) is 14.6. The van der Waals surface area contributed by atoms with Crippen molar-refractivity contribution in [3.63, 3.8) is 0 Å². The van der Waals surface area contributed by atoms with E-state index in [9.17, 15) is 0 Å². The lowest BCUT2D eigenvalue weighted by molar-refractivity contribution is -0.169. The van der Waals surface area contributed by atoms with Gasteiger partial charge in [0, 0.05) is 0 Å². The van der Waals surface area contributed by atoms with Crippen molar-refractivity contribution in [2.75, 3.05) is 6.79 Å². The van der Waals surface area contributed by atoms with Crippen LogP contribution in [-0.4, -0.2) is 19.0 Å². The van der Waals surface area contributed by atoms with Gasteiger partial charge in [-0.05, 0) is 61.2 Å². The van der Waals surface area contributed by atoms with Crippen LogP contribution in [0.25, 0.3) is 0 Å². The maximum Gasteiger partial charge on any atom is 0.147 e. The molecule has 0 radical (unpaired) electrons. The molecule has 0 bridgehead atoms. The summed E-state index contributed by atoms with van der Waals surface area (Å²) in [6, 6.07) is 0. The van der Waals surface area contributed by atoms with Crippen LogP contribution in [0.5, 0.6) is 0 Å². The summed E-state index contributed by atoms with van der Waals surface area (Å²) in [5.41, 5.74) is 0. The zero-order valence-electron chi connectivity index (χ0n) is 16.4. The van der Waals surface area contributed by atoms with E-state index < -0.39 is 0 Å². The highest BCUT2D eigenvalue weighted by atomic mass is 16.7. The standard InChI is InChI=1S/C21H40O2/c1-14(2)18-9-7-16(5)11-20(18)22-13-23-21-12-17(6)8-10-19(21)15(3)4/h14-21H,7-13H2,1-6H3. The van der Waals surface area contributed by atoms with Crippen molar-refractivity contribution in [2.45, 2.75) is 92.3 Å². The number of rotatable bonds is 6. The molecule has 2 rings (SSSR count). The van der Waals surface area contributed by atoms with Gasteiger partial charge in [-0.25, -0.2) is 0 Å². The molecular weight excluding hydrogens is 284 g/mol. The Morgan fingerprint density at radius 3 is 1.43 bits per heavy atom. The smallest absolute Gasteiger partial charge is 0.147 e. The predicted molar refractivity (Wildman–Crippen MR) is 97.3 cm³/mol. The van der Waals surface area contributed by atoms with Gasteiger partial charge in [0.1, 0.15) is 6.79 Å². The van der Waals surface area contributed by atoms with Gasteiger partial charge in [0.25, 0.3) is 0 Å². The third-order valence-corrected chi connectivity index (χ3v) is 6.49. The summed E-state index contributed by atoms with van der Waals surface area (Å²) in [5.74, 6) is 4.44. The summed E-state index contributed by atoms with van der Waals surface area (Å²) in [4.78, 5) is 0. The quantitative estimate of drug-likeness (QED) is 0.566. The Balaban J connectivity index is 1.83. The highest BCUT2D eigenvalue weighted by Gasteiger charge is 2.34. The zero-order chi connectivity index (χ0) is 17.0. The van der Waals surface area contributed by atoms with Gasteiger partial charge < -0.3 is 9.47 Å². The van der Waals surface area contributed by atoms with Gasteiger partial charge >= 0.3 is 0 Å². The molecule has 0 spiro atoms. The van der Waals surface area contributed by atoms with Crippen LogP contribution < -0.4 is 0 Å². The molecule has 0 amide bonds. The average Bonchev–Trinajstić information content (AvgIpc) is 2.46. The Labute approximate surface area is 144 Å². The van der Waals surface area contributed by atoms with Crippen LogP contribution in [0.4, 0.5) is 0 Å². The molecule has 0 aliphatic heterocycles. The van der Waals surface area contributed by atoms with Crippen molar-refractivity contribution < 1.29 is 9.47 Å². The Bertz CT molecular complexity index is 307. The minimum Gasteiger partial charge on any atom is -0.352 e. The lowest BCUT2D eigenvalue weighted by Gasteiger charge is -2.39. The Morgan fingerprint density at radius 2 is 1.09 bits per heavy atom. The van der Waals surface area contributed by atoms with Crippen molar-refractivity contribution in [1.29, 1.82) is 0 Å². The second-order valence-electron chi connectivity index (χ2n) is 9.18. The summed E-state index contributed by atoms with van der Waals surface area (Å²) in [6.07, 6.45) is 8.58. The van der Waals surface area contributed by atoms with Gasteiger partial charge in [-0.3, -0.25) is 0 Å². The van der Waals surface area contributed by atoms with Gasteiger partial charge in [0.2, 0.25) is 0 Å². The second-order valence-corrected chi connectivity index (χ2v) is 9.18. The molecular formula is C21H40O2. The van der Waals surface area contributed by atoms with Gasteiger partial charge in [-0.2, -0.15) is 0 Å². The fourth-order valence-corrected chi connectivity index (χ4v) is 4.83. The first kappa shape index (κ1) is 19.2. The first-order chi connectivity index (χ1) is 10.9. The van der Waals surface area contributed by atoms with E-state index in [-0.39, 0.29) is 0 Å². The molecule has 0 saturated heterocycles. The lowest BCUT2D eigenvalue weighted by Crippen LogP contribution is -2.38. The van der Waals surface area contributed by atoms with Crippen LogP contribution in [0.2, 0.25) is 0 Å². The van der Waals surface area contributed by atoms with Crippen LogP contribution in [0.1, 0.15) is 80.1 Å². The molecule has 0 aromatic carbocycles. The van der Waals surface area contributed by atoms with Gasteiger partial charge in [-0.1, -0.05) is 54.4 Å². The number of hydrogen-bond donors (Lipinski definition) is 0. The normalized spacial score (nSPS) is 39.1. The van der Waals surface area contributed by atoms with Crippen LogP contribution >= 0.6 is 0 Å². The lowest BCUT2D eigenvalue weighted by atomic mass is 9.75. The van der Waals surface area contributed by atoms with E-state index in [4.69, 9.17) is 9.47 Å². The monoisotopic (exact) mass is 324 g/mol. The topological polar surface area (TPSA) is 18.5 Å². The SMILES string of the molecule is CC1CCC(C(C)C)C(OCOC2CC(C)CCC2C(C)C)C1. The first-order valence-corrected chi connectivity index (χ1v) is 10.1. The highest BCUT2D eigenvalue weighted by Crippen LogP contribution is 2.37. The van der Waals surface area contributed by atoms with Crippen molar-refractivity contribution in [3.05, 3.63) is 0 Å². The van der Waals surface area contributed by atoms with Crippen LogP contribution in [0, 0.1) is 35.5 Å². The third kappa shape index (κ3) is 5.46. The van der Waals surface area contributed by atoms with Crippen molar-refractivity contribution in [3.8, 4) is 0 Å². The predicted octanol–water partition coefficient (Wildman–Crippen LogP) is 5.90. The summed E-state index contributed by atoms with van der Waals surface area (Å²) >= 11 is 0. The molecule has 6 unspecified atom stereocenters. The fraction of sp³-hybridized carbons (Fsp3) is 1.00. The molecule has 2 aliphatic carbocycles. The van der Waals surface area contributed by atoms with Crippen molar-refractivity contribution >= 4 is 0 Å².